The number of ether oxygens (including phenoxy) is 1. The van der Waals surface area contributed by atoms with E-state index < -0.39 is 10.0 Å². The average molecular weight is 398 g/mol. The van der Waals surface area contributed by atoms with Gasteiger partial charge in [-0.2, -0.15) is 4.31 Å². The van der Waals surface area contributed by atoms with Crippen molar-refractivity contribution >= 4 is 15.9 Å². The van der Waals surface area contributed by atoms with Crippen LogP contribution in [0.5, 0.6) is 0 Å². The molecule has 0 aliphatic carbocycles. The van der Waals surface area contributed by atoms with Gasteiger partial charge in [0.25, 0.3) is 0 Å². The molecule has 1 aliphatic heterocycles. The summed E-state index contributed by atoms with van der Waals surface area (Å²) >= 11 is 0. The highest BCUT2D eigenvalue weighted by molar-refractivity contribution is 7.89. The lowest BCUT2D eigenvalue weighted by Gasteiger charge is -2.29. The fourth-order valence-corrected chi connectivity index (χ4v) is 4.45. The molecule has 0 spiro atoms. The molecule has 0 unspecified atom stereocenters. The second kappa shape index (κ2) is 10.8. The predicted molar refractivity (Wildman–Crippen MR) is 105 cm³/mol. The summed E-state index contributed by atoms with van der Waals surface area (Å²) in [6.45, 7) is 7.81. The van der Waals surface area contributed by atoms with E-state index in [9.17, 15) is 13.2 Å². The summed E-state index contributed by atoms with van der Waals surface area (Å²) in [5, 5.41) is 3.21. The van der Waals surface area contributed by atoms with Gasteiger partial charge in [0, 0.05) is 52.3 Å². The first-order valence-corrected chi connectivity index (χ1v) is 11.0. The summed E-state index contributed by atoms with van der Waals surface area (Å²) in [5.74, 6) is 0.00296. The van der Waals surface area contributed by atoms with Crippen molar-refractivity contribution in [3.05, 3.63) is 30.3 Å². The molecular formula is C19H31N3O4S. The molecule has 1 fully saturated rings. The highest BCUT2D eigenvalue weighted by Crippen LogP contribution is 2.16. The molecule has 1 heterocycles. The van der Waals surface area contributed by atoms with Crippen LogP contribution in [0, 0.1) is 0 Å². The van der Waals surface area contributed by atoms with Gasteiger partial charge in [-0.15, -0.1) is 0 Å². The van der Waals surface area contributed by atoms with E-state index in [4.69, 9.17) is 4.74 Å². The molecule has 1 aliphatic rings. The summed E-state index contributed by atoms with van der Waals surface area (Å²) in [6, 6.07) is 8.38. The van der Waals surface area contributed by atoms with Crippen LogP contribution >= 0.6 is 0 Å². The first kappa shape index (κ1) is 21.8. The topological polar surface area (TPSA) is 79.0 Å². The molecule has 0 atom stereocenters. The van der Waals surface area contributed by atoms with Gasteiger partial charge >= 0.3 is 0 Å². The number of rotatable bonds is 10. The van der Waals surface area contributed by atoms with E-state index in [2.05, 4.69) is 5.32 Å². The Morgan fingerprint density at radius 3 is 2.48 bits per heavy atom. The Morgan fingerprint density at radius 1 is 1.19 bits per heavy atom. The van der Waals surface area contributed by atoms with Crippen molar-refractivity contribution in [2.24, 2.45) is 0 Å². The number of piperazine rings is 1. The fraction of sp³-hybridized carbons (Fsp3) is 0.632. The van der Waals surface area contributed by atoms with E-state index >= 15 is 0 Å². The van der Waals surface area contributed by atoms with Gasteiger partial charge in [0.15, 0.2) is 0 Å². The van der Waals surface area contributed by atoms with Crippen LogP contribution in [0.1, 0.15) is 26.7 Å². The molecule has 1 aromatic carbocycles. The van der Waals surface area contributed by atoms with Gasteiger partial charge in [0.2, 0.25) is 15.9 Å². The molecule has 8 heteroatoms. The fourth-order valence-electron chi connectivity index (χ4n) is 2.95. The summed E-state index contributed by atoms with van der Waals surface area (Å²) in [5.41, 5.74) is 0. The molecule has 152 valence electrons. The minimum Gasteiger partial charge on any atom is -0.379 e. The Morgan fingerprint density at radius 2 is 1.85 bits per heavy atom. The first-order valence-electron chi connectivity index (χ1n) is 9.56. The highest BCUT2D eigenvalue weighted by Gasteiger charge is 2.25. The molecule has 1 amide bonds. The van der Waals surface area contributed by atoms with Crippen molar-refractivity contribution in [3.8, 4) is 0 Å². The maximum Gasteiger partial charge on any atom is 0.243 e. The third kappa shape index (κ3) is 6.88. The van der Waals surface area contributed by atoms with Gasteiger partial charge in [0.1, 0.15) is 0 Å². The number of sulfonamides is 1. The van der Waals surface area contributed by atoms with Crippen molar-refractivity contribution in [3.63, 3.8) is 0 Å². The second-order valence-corrected chi connectivity index (χ2v) is 8.81. The third-order valence-electron chi connectivity index (χ3n) is 4.43. The predicted octanol–water partition coefficient (Wildman–Crippen LogP) is 1.31. The smallest absolute Gasteiger partial charge is 0.243 e. The molecule has 27 heavy (non-hydrogen) atoms. The SMILES string of the molecule is CC(C)OCCCN(CCC(=O)N1CCNCC1)S(=O)(=O)c1ccccc1. The molecule has 0 bridgehead atoms. The number of carbonyl (C=O) groups is 1. The van der Waals surface area contributed by atoms with Gasteiger partial charge in [-0.05, 0) is 32.4 Å². The number of nitrogens with zero attached hydrogens (tertiary/aromatic N) is 2. The van der Waals surface area contributed by atoms with Crippen LogP contribution in [0.3, 0.4) is 0 Å². The van der Waals surface area contributed by atoms with Crippen LogP contribution in [-0.4, -0.2) is 75.5 Å². The first-order chi connectivity index (χ1) is 12.9. The summed E-state index contributed by atoms with van der Waals surface area (Å²) in [4.78, 5) is 14.5. The largest absolute Gasteiger partial charge is 0.379 e. The maximum absolute atomic E-state index is 13.0. The van der Waals surface area contributed by atoms with Gasteiger partial charge in [-0.25, -0.2) is 8.42 Å². The highest BCUT2D eigenvalue weighted by atomic mass is 32.2. The second-order valence-electron chi connectivity index (χ2n) is 6.87. The van der Waals surface area contributed by atoms with E-state index in [0.717, 1.165) is 13.1 Å². The monoisotopic (exact) mass is 397 g/mol. The van der Waals surface area contributed by atoms with Crippen LogP contribution in [-0.2, 0) is 19.6 Å². The number of hydrogen-bond acceptors (Lipinski definition) is 5. The normalized spacial score (nSPS) is 15.5. The zero-order chi connectivity index (χ0) is 19.7. The Balaban J connectivity index is 2.01. The molecule has 1 N–H and O–H groups in total. The maximum atomic E-state index is 13.0. The van der Waals surface area contributed by atoms with Crippen LogP contribution in [0.15, 0.2) is 35.2 Å². The van der Waals surface area contributed by atoms with Crippen LogP contribution in [0.4, 0.5) is 0 Å². The Hall–Kier alpha value is -1.48. The van der Waals surface area contributed by atoms with Crippen molar-refractivity contribution in [2.45, 2.75) is 37.7 Å². The molecule has 1 saturated heterocycles. The Bertz CT molecular complexity index is 673. The molecule has 0 saturated carbocycles. The van der Waals surface area contributed by atoms with Crippen molar-refractivity contribution in [2.75, 3.05) is 45.9 Å². The van der Waals surface area contributed by atoms with Crippen LogP contribution in [0.2, 0.25) is 0 Å². The number of nitrogens with one attached hydrogen (secondary N) is 1. The van der Waals surface area contributed by atoms with Gasteiger partial charge < -0.3 is 15.0 Å². The number of benzene rings is 1. The number of carbonyl (C=O) groups excluding carboxylic acids is 1. The molecule has 1 aromatic rings. The lowest BCUT2D eigenvalue weighted by molar-refractivity contribution is -0.131. The van der Waals surface area contributed by atoms with Crippen molar-refractivity contribution in [1.82, 2.24) is 14.5 Å². The molecule has 7 nitrogen and oxygen atoms in total. The van der Waals surface area contributed by atoms with E-state index in [1.165, 1.54) is 4.31 Å². The van der Waals surface area contributed by atoms with Crippen molar-refractivity contribution < 1.29 is 17.9 Å². The summed E-state index contributed by atoms with van der Waals surface area (Å²) in [6.07, 6.45) is 0.891. The van der Waals surface area contributed by atoms with E-state index in [1.54, 1.807) is 35.2 Å². The van der Waals surface area contributed by atoms with Gasteiger partial charge in [-0.3, -0.25) is 4.79 Å². The number of hydrogen-bond donors (Lipinski definition) is 1. The minimum atomic E-state index is -3.63. The zero-order valence-electron chi connectivity index (χ0n) is 16.3. The molecular weight excluding hydrogens is 366 g/mol. The lowest BCUT2D eigenvalue weighted by Crippen LogP contribution is -2.47. The summed E-state index contributed by atoms with van der Waals surface area (Å²) < 4.78 is 32.9. The minimum absolute atomic E-state index is 0.00296. The third-order valence-corrected chi connectivity index (χ3v) is 6.34. The molecule has 2 rings (SSSR count). The molecule has 0 aromatic heterocycles. The zero-order valence-corrected chi connectivity index (χ0v) is 17.1. The lowest BCUT2D eigenvalue weighted by atomic mass is 10.3. The van der Waals surface area contributed by atoms with Gasteiger partial charge in [-0.1, -0.05) is 18.2 Å². The van der Waals surface area contributed by atoms with E-state index in [0.29, 0.717) is 32.7 Å². The van der Waals surface area contributed by atoms with E-state index in [1.807, 2.05) is 13.8 Å². The number of amides is 1. The van der Waals surface area contributed by atoms with Gasteiger partial charge in [0.05, 0.1) is 11.0 Å². The Labute approximate surface area is 162 Å². The van der Waals surface area contributed by atoms with E-state index in [-0.39, 0.29) is 29.9 Å². The summed E-state index contributed by atoms with van der Waals surface area (Å²) in [7, 11) is -3.63. The quantitative estimate of drug-likeness (QED) is 0.603. The van der Waals surface area contributed by atoms with Crippen molar-refractivity contribution in [1.29, 1.82) is 0 Å². The van der Waals surface area contributed by atoms with Crippen LogP contribution in [0.25, 0.3) is 0 Å². The molecule has 0 radical (unpaired) electrons. The standard InChI is InChI=1S/C19H31N3O4S/c1-17(2)26-16-6-12-22(27(24,25)18-7-4-3-5-8-18)13-9-19(23)21-14-10-20-11-15-21/h3-5,7-8,17,20H,6,9-16H2,1-2H3. The van der Waals surface area contributed by atoms with Crippen LogP contribution < -0.4 is 5.32 Å². The Kier molecular flexibility index (Phi) is 8.69. The average Bonchev–Trinajstić information content (AvgIpc) is 2.68.